The van der Waals surface area contributed by atoms with Gasteiger partial charge < -0.3 is 14.9 Å². The van der Waals surface area contributed by atoms with Crippen molar-refractivity contribution in [2.24, 2.45) is 0 Å². The number of hydrogen-bond donors (Lipinski definition) is 2. The fourth-order valence-electron chi connectivity index (χ4n) is 1.45. The Balaban J connectivity index is 1.96. The smallest absolute Gasteiger partial charge is 0.339 e. The van der Waals surface area contributed by atoms with Crippen LogP contribution < -0.4 is 5.32 Å². The number of aromatic nitrogens is 3. The number of nitrogens with one attached hydrogen (secondary N) is 1. The summed E-state index contributed by atoms with van der Waals surface area (Å²) in [6.07, 6.45) is 2.07. The van der Waals surface area contributed by atoms with E-state index in [0.717, 1.165) is 0 Å². The van der Waals surface area contributed by atoms with Gasteiger partial charge in [-0.3, -0.25) is 0 Å². The maximum Gasteiger partial charge on any atom is 0.339 e. The van der Waals surface area contributed by atoms with Crippen LogP contribution >= 0.6 is 0 Å². The first kappa shape index (κ1) is 12.0. The minimum absolute atomic E-state index is 0.141. The van der Waals surface area contributed by atoms with Gasteiger partial charge in [0.25, 0.3) is 0 Å². The van der Waals surface area contributed by atoms with Gasteiger partial charge in [-0.2, -0.15) is 4.98 Å². The molecule has 0 saturated heterocycles. The van der Waals surface area contributed by atoms with Gasteiger partial charge >= 0.3 is 5.97 Å². The fourth-order valence-corrected chi connectivity index (χ4v) is 1.45. The predicted octanol–water partition coefficient (Wildman–Crippen LogP) is 1.13. The van der Waals surface area contributed by atoms with Crippen molar-refractivity contribution in [3.63, 3.8) is 0 Å². The van der Waals surface area contributed by atoms with Crippen LogP contribution in [-0.2, 0) is 6.42 Å². The molecule has 2 aromatic rings. The van der Waals surface area contributed by atoms with Crippen LogP contribution in [0.25, 0.3) is 0 Å². The molecule has 2 rings (SSSR count). The number of nitrogens with zero attached hydrogens (tertiary/aromatic N) is 3. The van der Waals surface area contributed by atoms with Crippen LogP contribution in [0.2, 0.25) is 0 Å². The number of rotatable bonds is 5. The Morgan fingerprint density at radius 3 is 3.06 bits per heavy atom. The zero-order valence-electron chi connectivity index (χ0n) is 9.75. The van der Waals surface area contributed by atoms with E-state index in [1.54, 1.807) is 13.0 Å². The van der Waals surface area contributed by atoms with Crippen molar-refractivity contribution in [2.45, 2.75) is 13.3 Å². The maximum atomic E-state index is 10.9. The van der Waals surface area contributed by atoms with Crippen molar-refractivity contribution >= 4 is 11.8 Å². The number of aromatic carboxylic acids is 1. The third-order valence-corrected chi connectivity index (χ3v) is 2.25. The molecule has 0 aliphatic heterocycles. The van der Waals surface area contributed by atoms with Crippen LogP contribution in [0.4, 0.5) is 5.82 Å². The molecule has 0 bridgehead atoms. The zero-order chi connectivity index (χ0) is 13.0. The standard InChI is InChI=1S/C11H12N4O3/c1-7-14-9(15-18-7)4-6-13-10-8(11(16)17)3-2-5-12-10/h2-3,5H,4,6H2,1H3,(H,12,13)(H,16,17). The summed E-state index contributed by atoms with van der Waals surface area (Å²) in [7, 11) is 0. The summed E-state index contributed by atoms with van der Waals surface area (Å²) < 4.78 is 4.83. The summed E-state index contributed by atoms with van der Waals surface area (Å²) in [6, 6.07) is 3.08. The highest BCUT2D eigenvalue weighted by Crippen LogP contribution is 2.11. The Labute approximate surface area is 103 Å². The van der Waals surface area contributed by atoms with Gasteiger partial charge in [0.05, 0.1) is 0 Å². The maximum absolute atomic E-state index is 10.9. The monoisotopic (exact) mass is 248 g/mol. The number of pyridine rings is 1. The highest BCUT2D eigenvalue weighted by molar-refractivity contribution is 5.92. The van der Waals surface area contributed by atoms with E-state index in [2.05, 4.69) is 20.4 Å². The van der Waals surface area contributed by atoms with Gasteiger partial charge in [0.1, 0.15) is 11.4 Å². The summed E-state index contributed by atoms with van der Waals surface area (Å²) >= 11 is 0. The van der Waals surface area contributed by atoms with Crippen LogP contribution in [0.5, 0.6) is 0 Å². The van der Waals surface area contributed by atoms with E-state index in [1.165, 1.54) is 12.3 Å². The van der Waals surface area contributed by atoms with Crippen molar-refractivity contribution in [1.29, 1.82) is 0 Å². The summed E-state index contributed by atoms with van der Waals surface area (Å²) in [6.45, 7) is 2.20. The van der Waals surface area contributed by atoms with Crippen molar-refractivity contribution in [3.05, 3.63) is 35.6 Å². The second-order valence-electron chi connectivity index (χ2n) is 3.61. The van der Waals surface area contributed by atoms with Crippen LogP contribution in [0.3, 0.4) is 0 Å². The average Bonchev–Trinajstić information content (AvgIpc) is 2.75. The molecule has 7 nitrogen and oxygen atoms in total. The molecule has 0 aliphatic rings. The molecule has 0 saturated carbocycles. The first-order valence-corrected chi connectivity index (χ1v) is 5.38. The van der Waals surface area contributed by atoms with Gasteiger partial charge in [0.2, 0.25) is 5.89 Å². The molecule has 0 unspecified atom stereocenters. The molecule has 2 N–H and O–H groups in total. The summed E-state index contributed by atoms with van der Waals surface area (Å²) in [5.41, 5.74) is 0.141. The van der Waals surface area contributed by atoms with E-state index in [1.807, 2.05) is 0 Å². The quantitative estimate of drug-likeness (QED) is 0.817. The fraction of sp³-hybridized carbons (Fsp3) is 0.273. The lowest BCUT2D eigenvalue weighted by Gasteiger charge is -2.06. The molecule has 0 aliphatic carbocycles. The van der Waals surface area contributed by atoms with Crippen LogP contribution in [0, 0.1) is 6.92 Å². The van der Waals surface area contributed by atoms with E-state index in [0.29, 0.717) is 30.5 Å². The summed E-state index contributed by atoms with van der Waals surface area (Å²) in [4.78, 5) is 19.0. The van der Waals surface area contributed by atoms with Gasteiger partial charge in [-0.25, -0.2) is 9.78 Å². The average molecular weight is 248 g/mol. The molecule has 0 radical (unpaired) electrons. The van der Waals surface area contributed by atoms with E-state index in [-0.39, 0.29) is 5.56 Å². The third kappa shape index (κ3) is 2.82. The molecule has 2 aromatic heterocycles. The third-order valence-electron chi connectivity index (χ3n) is 2.25. The Morgan fingerprint density at radius 2 is 2.39 bits per heavy atom. The molecule has 0 spiro atoms. The number of anilines is 1. The first-order chi connectivity index (χ1) is 8.66. The predicted molar refractivity (Wildman–Crippen MR) is 62.4 cm³/mol. The van der Waals surface area contributed by atoms with Gasteiger partial charge in [0, 0.05) is 26.1 Å². The number of carbonyl (C=O) groups is 1. The highest BCUT2D eigenvalue weighted by Gasteiger charge is 2.10. The van der Waals surface area contributed by atoms with E-state index >= 15 is 0 Å². The molecule has 0 aromatic carbocycles. The normalized spacial score (nSPS) is 10.3. The van der Waals surface area contributed by atoms with Gasteiger partial charge in [-0.15, -0.1) is 0 Å². The lowest BCUT2D eigenvalue weighted by atomic mass is 10.2. The molecule has 7 heteroatoms. The summed E-state index contributed by atoms with van der Waals surface area (Å²) in [5, 5.41) is 15.6. The van der Waals surface area contributed by atoms with Crippen molar-refractivity contribution in [3.8, 4) is 0 Å². The Bertz CT molecular complexity index is 553. The number of carboxylic acid groups (broad SMARTS) is 1. The molecule has 94 valence electrons. The van der Waals surface area contributed by atoms with Crippen molar-refractivity contribution in [2.75, 3.05) is 11.9 Å². The van der Waals surface area contributed by atoms with E-state index in [9.17, 15) is 4.79 Å². The number of aryl methyl sites for hydroxylation is 1. The van der Waals surface area contributed by atoms with Crippen LogP contribution in [-0.4, -0.2) is 32.7 Å². The molecule has 0 fully saturated rings. The molecule has 18 heavy (non-hydrogen) atoms. The minimum Gasteiger partial charge on any atom is -0.478 e. The first-order valence-electron chi connectivity index (χ1n) is 5.38. The minimum atomic E-state index is -1.01. The van der Waals surface area contributed by atoms with Crippen molar-refractivity contribution < 1.29 is 14.4 Å². The van der Waals surface area contributed by atoms with Gasteiger partial charge in [0.15, 0.2) is 5.82 Å². The Kier molecular flexibility index (Phi) is 3.52. The zero-order valence-corrected chi connectivity index (χ0v) is 9.75. The van der Waals surface area contributed by atoms with Crippen molar-refractivity contribution in [1.82, 2.24) is 15.1 Å². The lowest BCUT2D eigenvalue weighted by Crippen LogP contribution is -2.11. The number of carboxylic acids is 1. The lowest BCUT2D eigenvalue weighted by molar-refractivity contribution is 0.0697. The summed E-state index contributed by atoms with van der Waals surface area (Å²) in [5.74, 6) is 0.410. The Hall–Kier alpha value is -2.44. The van der Waals surface area contributed by atoms with Gasteiger partial charge in [-0.1, -0.05) is 5.16 Å². The van der Waals surface area contributed by atoms with E-state index in [4.69, 9.17) is 9.63 Å². The molecule has 0 atom stereocenters. The highest BCUT2D eigenvalue weighted by atomic mass is 16.5. The van der Waals surface area contributed by atoms with E-state index < -0.39 is 5.97 Å². The number of hydrogen-bond acceptors (Lipinski definition) is 6. The SMILES string of the molecule is Cc1nc(CCNc2ncccc2C(=O)O)no1. The molecular weight excluding hydrogens is 236 g/mol. The molecule has 0 amide bonds. The molecular formula is C11H12N4O3. The molecule has 2 heterocycles. The van der Waals surface area contributed by atoms with Crippen LogP contribution in [0.1, 0.15) is 22.1 Å². The van der Waals surface area contributed by atoms with Crippen LogP contribution in [0.15, 0.2) is 22.9 Å². The Morgan fingerprint density at radius 1 is 1.56 bits per heavy atom. The van der Waals surface area contributed by atoms with Gasteiger partial charge in [-0.05, 0) is 12.1 Å². The second kappa shape index (κ2) is 5.26. The topological polar surface area (TPSA) is 101 Å². The largest absolute Gasteiger partial charge is 0.478 e. The second-order valence-corrected chi connectivity index (χ2v) is 3.61.